The van der Waals surface area contributed by atoms with Crippen LogP contribution in [0.2, 0.25) is 0 Å². The van der Waals surface area contributed by atoms with Crippen LogP contribution in [0.4, 0.5) is 5.69 Å². The minimum absolute atomic E-state index is 0.0741. The van der Waals surface area contributed by atoms with E-state index in [-0.39, 0.29) is 16.7 Å². The van der Waals surface area contributed by atoms with E-state index in [4.69, 9.17) is 9.97 Å². The quantitative estimate of drug-likeness (QED) is 0.279. The highest BCUT2D eigenvalue weighted by Crippen LogP contribution is 2.34. The number of nitro groups is 1. The number of nitro benzene ring substituents is 1. The SMILES string of the molecule is O=[N+]([O-])c1ccc(-c2nc3cc(-c4ccc5ccccc5c4)cnc3n2C2CCNCC2)cc1. The molecule has 0 atom stereocenters. The molecular weight excluding hydrogens is 426 g/mol. The number of imidazole rings is 1. The average molecular weight is 450 g/mol. The Hall–Kier alpha value is -4.10. The first kappa shape index (κ1) is 20.5. The van der Waals surface area contributed by atoms with E-state index >= 15 is 0 Å². The van der Waals surface area contributed by atoms with Gasteiger partial charge >= 0.3 is 0 Å². The lowest BCUT2D eigenvalue weighted by Crippen LogP contribution is -2.29. The predicted octanol–water partition coefficient (Wildman–Crippen LogP) is 5.75. The number of aromatic nitrogens is 3. The van der Waals surface area contributed by atoms with Crippen LogP contribution in [0.25, 0.3) is 44.5 Å². The molecule has 3 aromatic carbocycles. The smallest absolute Gasteiger partial charge is 0.269 e. The van der Waals surface area contributed by atoms with E-state index in [2.05, 4.69) is 46.3 Å². The predicted molar refractivity (Wildman–Crippen MR) is 134 cm³/mol. The van der Waals surface area contributed by atoms with Crippen LogP contribution in [-0.2, 0) is 0 Å². The molecule has 0 unspecified atom stereocenters. The standard InChI is InChI=1S/C27H23N5O2/c33-32(34)24-9-7-19(8-10-24)26-30-25-16-22(21-6-5-18-3-1-2-4-20(18)15-21)17-29-27(25)31(26)23-11-13-28-14-12-23/h1-10,15-17,23,28H,11-14H2. The van der Waals surface area contributed by atoms with Crippen LogP contribution in [0.3, 0.4) is 0 Å². The normalized spacial score (nSPS) is 14.6. The zero-order valence-electron chi connectivity index (χ0n) is 18.5. The number of hydrogen-bond acceptors (Lipinski definition) is 5. The Bertz CT molecular complexity index is 1520. The van der Waals surface area contributed by atoms with Crippen molar-refractivity contribution in [2.75, 3.05) is 13.1 Å². The van der Waals surface area contributed by atoms with Gasteiger partial charge in [-0.3, -0.25) is 10.1 Å². The van der Waals surface area contributed by atoms with Gasteiger partial charge in [-0.1, -0.05) is 36.4 Å². The van der Waals surface area contributed by atoms with E-state index < -0.39 is 0 Å². The summed E-state index contributed by atoms with van der Waals surface area (Å²) in [6.45, 7) is 1.89. The second kappa shape index (κ2) is 8.35. The Morgan fingerprint density at radius 3 is 2.38 bits per heavy atom. The van der Waals surface area contributed by atoms with Gasteiger partial charge in [0.25, 0.3) is 5.69 Å². The van der Waals surface area contributed by atoms with Gasteiger partial charge in [0.2, 0.25) is 0 Å². The number of non-ortho nitro benzene ring substituents is 1. The fourth-order valence-electron chi connectivity index (χ4n) is 4.86. The Balaban J connectivity index is 1.49. The highest BCUT2D eigenvalue weighted by atomic mass is 16.6. The lowest BCUT2D eigenvalue weighted by atomic mass is 10.0. The van der Waals surface area contributed by atoms with Gasteiger partial charge in [-0.05, 0) is 66.5 Å². The van der Waals surface area contributed by atoms with Crippen molar-refractivity contribution < 1.29 is 4.92 Å². The lowest BCUT2D eigenvalue weighted by Gasteiger charge is -2.26. The summed E-state index contributed by atoms with van der Waals surface area (Å²) in [4.78, 5) is 20.6. The molecule has 0 radical (unpaired) electrons. The largest absolute Gasteiger partial charge is 0.317 e. The third kappa shape index (κ3) is 3.60. The number of fused-ring (bicyclic) bond motifs is 2. The fourth-order valence-corrected chi connectivity index (χ4v) is 4.86. The molecule has 0 bridgehead atoms. The summed E-state index contributed by atoms with van der Waals surface area (Å²) >= 11 is 0. The minimum Gasteiger partial charge on any atom is -0.317 e. The first-order valence-corrected chi connectivity index (χ1v) is 11.5. The van der Waals surface area contributed by atoms with E-state index in [1.54, 1.807) is 12.1 Å². The third-order valence-electron chi connectivity index (χ3n) is 6.62. The van der Waals surface area contributed by atoms with E-state index in [1.165, 1.54) is 22.9 Å². The lowest BCUT2D eigenvalue weighted by molar-refractivity contribution is -0.384. The van der Waals surface area contributed by atoms with Gasteiger partial charge in [0.1, 0.15) is 11.3 Å². The number of pyridine rings is 1. The molecule has 7 nitrogen and oxygen atoms in total. The maximum atomic E-state index is 11.1. The van der Waals surface area contributed by atoms with Gasteiger partial charge in [0.05, 0.1) is 4.92 Å². The van der Waals surface area contributed by atoms with E-state index in [0.29, 0.717) is 0 Å². The second-order valence-corrected chi connectivity index (χ2v) is 8.72. The molecule has 1 fully saturated rings. The summed E-state index contributed by atoms with van der Waals surface area (Å²) in [7, 11) is 0. The van der Waals surface area contributed by atoms with E-state index in [0.717, 1.165) is 59.6 Å². The molecule has 1 aliphatic rings. The number of nitrogens with one attached hydrogen (secondary N) is 1. The van der Waals surface area contributed by atoms with Crippen molar-refractivity contribution in [1.29, 1.82) is 0 Å². The Morgan fingerprint density at radius 1 is 0.882 bits per heavy atom. The number of hydrogen-bond donors (Lipinski definition) is 1. The van der Waals surface area contributed by atoms with Gasteiger partial charge in [-0.25, -0.2) is 9.97 Å². The average Bonchev–Trinajstić information content (AvgIpc) is 3.28. The summed E-state index contributed by atoms with van der Waals surface area (Å²) in [6, 6.07) is 23.7. The zero-order chi connectivity index (χ0) is 23.1. The monoisotopic (exact) mass is 449 g/mol. The molecule has 5 aromatic rings. The Kier molecular flexibility index (Phi) is 5.04. The molecule has 0 saturated carbocycles. The Morgan fingerprint density at radius 2 is 1.62 bits per heavy atom. The van der Waals surface area contributed by atoms with Crippen molar-refractivity contribution in [2.24, 2.45) is 0 Å². The highest BCUT2D eigenvalue weighted by molar-refractivity contribution is 5.89. The highest BCUT2D eigenvalue weighted by Gasteiger charge is 2.23. The van der Waals surface area contributed by atoms with Crippen LogP contribution >= 0.6 is 0 Å². The number of nitrogens with zero attached hydrogens (tertiary/aromatic N) is 4. The van der Waals surface area contributed by atoms with Crippen molar-refractivity contribution >= 4 is 27.6 Å². The zero-order valence-corrected chi connectivity index (χ0v) is 18.5. The fraction of sp³-hybridized carbons (Fsp3) is 0.185. The summed E-state index contributed by atoms with van der Waals surface area (Å²) in [6.07, 6.45) is 3.89. The van der Waals surface area contributed by atoms with Crippen LogP contribution in [-0.4, -0.2) is 32.5 Å². The van der Waals surface area contributed by atoms with Crippen LogP contribution in [0.1, 0.15) is 18.9 Å². The van der Waals surface area contributed by atoms with E-state index in [1.807, 2.05) is 18.3 Å². The van der Waals surface area contributed by atoms with Gasteiger partial charge in [0, 0.05) is 35.5 Å². The number of rotatable bonds is 4. The van der Waals surface area contributed by atoms with Crippen molar-refractivity contribution in [3.05, 3.63) is 89.1 Å². The molecule has 0 spiro atoms. The second-order valence-electron chi connectivity index (χ2n) is 8.72. The van der Waals surface area contributed by atoms with Gasteiger partial charge < -0.3 is 9.88 Å². The Labute approximate surface area is 196 Å². The van der Waals surface area contributed by atoms with Gasteiger partial charge in [0.15, 0.2) is 5.65 Å². The molecule has 7 heteroatoms. The van der Waals surface area contributed by atoms with Crippen LogP contribution in [0.5, 0.6) is 0 Å². The van der Waals surface area contributed by atoms with Crippen LogP contribution in [0, 0.1) is 10.1 Å². The number of piperidine rings is 1. The minimum atomic E-state index is -0.378. The topological polar surface area (TPSA) is 85.9 Å². The maximum Gasteiger partial charge on any atom is 0.269 e. The molecule has 0 amide bonds. The molecule has 1 saturated heterocycles. The summed E-state index contributed by atoms with van der Waals surface area (Å²) in [5.74, 6) is 0.806. The van der Waals surface area contributed by atoms with E-state index in [9.17, 15) is 10.1 Å². The summed E-state index contributed by atoms with van der Waals surface area (Å²) < 4.78 is 2.22. The molecule has 1 aliphatic heterocycles. The summed E-state index contributed by atoms with van der Waals surface area (Å²) in [5, 5.41) is 16.9. The first-order valence-electron chi connectivity index (χ1n) is 11.5. The van der Waals surface area contributed by atoms with Crippen molar-refractivity contribution in [3.8, 4) is 22.5 Å². The molecule has 3 heterocycles. The van der Waals surface area contributed by atoms with Crippen LogP contribution < -0.4 is 5.32 Å². The molecule has 6 rings (SSSR count). The van der Waals surface area contributed by atoms with Crippen molar-refractivity contribution in [2.45, 2.75) is 18.9 Å². The van der Waals surface area contributed by atoms with Gasteiger partial charge in [-0.15, -0.1) is 0 Å². The first-order chi connectivity index (χ1) is 16.7. The van der Waals surface area contributed by atoms with Crippen molar-refractivity contribution in [3.63, 3.8) is 0 Å². The molecule has 0 aliphatic carbocycles. The molecule has 1 N–H and O–H groups in total. The molecular formula is C27H23N5O2. The number of benzene rings is 3. The molecule has 2 aromatic heterocycles. The third-order valence-corrected chi connectivity index (χ3v) is 6.62. The van der Waals surface area contributed by atoms with Crippen LogP contribution in [0.15, 0.2) is 79.0 Å². The van der Waals surface area contributed by atoms with Crippen molar-refractivity contribution in [1.82, 2.24) is 19.9 Å². The molecule has 168 valence electrons. The molecule has 34 heavy (non-hydrogen) atoms. The maximum absolute atomic E-state index is 11.1. The summed E-state index contributed by atoms with van der Waals surface area (Å²) in [5.41, 5.74) is 4.73. The van der Waals surface area contributed by atoms with Gasteiger partial charge in [-0.2, -0.15) is 0 Å².